The van der Waals surface area contributed by atoms with Crippen molar-refractivity contribution in [2.45, 2.75) is 25.7 Å². The molecule has 1 fully saturated rings. The Morgan fingerprint density at radius 2 is 1.96 bits per heavy atom. The normalized spacial score (nSPS) is 17.8. The van der Waals surface area contributed by atoms with Crippen LogP contribution < -0.4 is 10.6 Å². The van der Waals surface area contributed by atoms with E-state index in [2.05, 4.69) is 15.6 Å². The zero-order valence-corrected chi connectivity index (χ0v) is 15.8. The molecule has 0 radical (unpaired) electrons. The van der Waals surface area contributed by atoms with Gasteiger partial charge < -0.3 is 15.7 Å². The number of benzene rings is 1. The lowest BCUT2D eigenvalue weighted by atomic mass is 10.0. The molecule has 0 saturated heterocycles. The summed E-state index contributed by atoms with van der Waals surface area (Å²) in [4.78, 5) is 4.58. The fraction of sp³-hybridized carbons (Fsp3) is 0.611. The maximum atomic E-state index is 11.6. The molecule has 2 rings (SSSR count). The fourth-order valence-electron chi connectivity index (χ4n) is 2.90. The van der Waals surface area contributed by atoms with Crippen molar-refractivity contribution in [1.82, 2.24) is 10.6 Å². The van der Waals surface area contributed by atoms with Gasteiger partial charge in [0.25, 0.3) is 0 Å². The van der Waals surface area contributed by atoms with Crippen molar-refractivity contribution in [3.63, 3.8) is 0 Å². The van der Waals surface area contributed by atoms with E-state index in [9.17, 15) is 13.5 Å². The van der Waals surface area contributed by atoms with Crippen molar-refractivity contribution in [1.29, 1.82) is 0 Å². The number of guanidine groups is 1. The summed E-state index contributed by atoms with van der Waals surface area (Å²) in [5.41, 5.74) is 0.884. The molecule has 6 nitrogen and oxygen atoms in total. The Kier molecular flexibility index (Phi) is 6.84. The van der Waals surface area contributed by atoms with Crippen LogP contribution in [0.2, 0.25) is 0 Å². The number of sulfone groups is 1. The molecular weight excluding hydrogens is 338 g/mol. The molecule has 1 aliphatic carbocycles. The SMILES string of the molecule is CCNC(=NCC1(CS(C)(=O)=O)CC1)NCC(CO)c1ccccc1. The highest BCUT2D eigenvalue weighted by Crippen LogP contribution is 2.46. The van der Waals surface area contributed by atoms with Crippen molar-refractivity contribution >= 4 is 15.8 Å². The van der Waals surface area contributed by atoms with Crippen LogP contribution in [0.5, 0.6) is 0 Å². The summed E-state index contributed by atoms with van der Waals surface area (Å²) >= 11 is 0. The summed E-state index contributed by atoms with van der Waals surface area (Å²) in [7, 11) is -2.99. The molecule has 0 amide bonds. The summed E-state index contributed by atoms with van der Waals surface area (Å²) in [5.74, 6) is 0.847. The number of rotatable bonds is 9. The molecular formula is C18H29N3O3S. The first-order valence-electron chi connectivity index (χ1n) is 8.73. The Morgan fingerprint density at radius 3 is 2.48 bits per heavy atom. The number of nitrogens with one attached hydrogen (secondary N) is 2. The van der Waals surface area contributed by atoms with Gasteiger partial charge in [-0.25, -0.2) is 8.42 Å². The minimum Gasteiger partial charge on any atom is -0.396 e. The van der Waals surface area contributed by atoms with Gasteiger partial charge in [-0.1, -0.05) is 30.3 Å². The maximum Gasteiger partial charge on any atom is 0.191 e. The van der Waals surface area contributed by atoms with Crippen molar-refractivity contribution in [3.8, 4) is 0 Å². The average Bonchev–Trinajstić information content (AvgIpc) is 3.32. The number of hydrogen-bond acceptors (Lipinski definition) is 4. The third-order valence-corrected chi connectivity index (χ3v) is 5.59. The lowest BCUT2D eigenvalue weighted by molar-refractivity contribution is 0.265. The van der Waals surface area contributed by atoms with E-state index >= 15 is 0 Å². The summed E-state index contributed by atoms with van der Waals surface area (Å²) in [5, 5.41) is 16.1. The molecule has 3 N–H and O–H groups in total. The predicted octanol–water partition coefficient (Wildman–Crippen LogP) is 1.14. The molecule has 1 saturated carbocycles. The summed E-state index contributed by atoms with van der Waals surface area (Å²) in [6.07, 6.45) is 3.10. The number of nitrogens with zero attached hydrogens (tertiary/aromatic N) is 1. The summed E-state index contributed by atoms with van der Waals surface area (Å²) in [6, 6.07) is 9.86. The molecule has 1 aromatic carbocycles. The number of hydrogen-bond donors (Lipinski definition) is 3. The van der Waals surface area contributed by atoms with Gasteiger partial charge in [-0.2, -0.15) is 0 Å². The van der Waals surface area contributed by atoms with Gasteiger partial charge in [0.05, 0.1) is 12.4 Å². The van der Waals surface area contributed by atoms with E-state index in [1.807, 2.05) is 37.3 Å². The molecule has 1 aromatic rings. The molecule has 7 heteroatoms. The van der Waals surface area contributed by atoms with Crippen molar-refractivity contribution in [2.75, 3.05) is 38.2 Å². The van der Waals surface area contributed by atoms with Gasteiger partial charge in [-0.15, -0.1) is 0 Å². The van der Waals surface area contributed by atoms with Gasteiger partial charge in [-0.3, -0.25) is 4.99 Å². The molecule has 0 heterocycles. The largest absolute Gasteiger partial charge is 0.396 e. The highest BCUT2D eigenvalue weighted by Gasteiger charge is 2.45. The van der Waals surface area contributed by atoms with E-state index in [1.165, 1.54) is 6.26 Å². The summed E-state index contributed by atoms with van der Waals surface area (Å²) < 4.78 is 23.1. The minimum absolute atomic E-state index is 0.0176. The fourth-order valence-corrected chi connectivity index (χ4v) is 4.39. The van der Waals surface area contributed by atoms with E-state index in [1.54, 1.807) is 0 Å². The maximum absolute atomic E-state index is 11.6. The Labute approximate surface area is 150 Å². The Hall–Kier alpha value is -1.60. The lowest BCUT2D eigenvalue weighted by Gasteiger charge is -2.19. The van der Waals surface area contributed by atoms with Crippen LogP contribution in [-0.2, 0) is 9.84 Å². The zero-order chi connectivity index (χ0) is 18.3. The highest BCUT2D eigenvalue weighted by molar-refractivity contribution is 7.90. The van der Waals surface area contributed by atoms with Crippen molar-refractivity contribution in [2.24, 2.45) is 10.4 Å². The second-order valence-corrected chi connectivity index (χ2v) is 9.08. The van der Waals surface area contributed by atoms with Gasteiger partial charge in [0.15, 0.2) is 5.96 Å². The van der Waals surface area contributed by atoms with Crippen LogP contribution in [0.1, 0.15) is 31.2 Å². The molecule has 1 unspecified atom stereocenters. The molecule has 0 bridgehead atoms. The third-order valence-electron chi connectivity index (χ3n) is 4.45. The first-order valence-corrected chi connectivity index (χ1v) is 10.8. The topological polar surface area (TPSA) is 90.8 Å². The second-order valence-electron chi connectivity index (χ2n) is 6.94. The van der Waals surface area contributed by atoms with Crippen LogP contribution in [0.3, 0.4) is 0 Å². The monoisotopic (exact) mass is 367 g/mol. The Morgan fingerprint density at radius 1 is 1.28 bits per heavy atom. The minimum atomic E-state index is -2.99. The molecule has 140 valence electrons. The van der Waals surface area contributed by atoms with Gasteiger partial charge >= 0.3 is 0 Å². The lowest BCUT2D eigenvalue weighted by Crippen LogP contribution is -2.40. The van der Waals surface area contributed by atoms with Gasteiger partial charge in [-0.05, 0) is 25.3 Å². The highest BCUT2D eigenvalue weighted by atomic mass is 32.2. The average molecular weight is 368 g/mol. The van der Waals surface area contributed by atoms with Crippen LogP contribution in [0.15, 0.2) is 35.3 Å². The van der Waals surface area contributed by atoms with Gasteiger partial charge in [0, 0.05) is 37.2 Å². The van der Waals surface area contributed by atoms with Crippen LogP contribution in [0, 0.1) is 5.41 Å². The summed E-state index contributed by atoms with van der Waals surface area (Å²) in [6.45, 7) is 3.83. The molecule has 0 spiro atoms. The van der Waals surface area contributed by atoms with Crippen LogP contribution >= 0.6 is 0 Å². The predicted molar refractivity (Wildman–Crippen MR) is 102 cm³/mol. The Bertz CT molecular complexity index is 670. The van der Waals surface area contributed by atoms with Crippen LogP contribution in [0.25, 0.3) is 0 Å². The number of aliphatic imine (C=N–C) groups is 1. The van der Waals surface area contributed by atoms with E-state index in [0.717, 1.165) is 24.9 Å². The van der Waals surface area contributed by atoms with Crippen molar-refractivity contribution in [3.05, 3.63) is 35.9 Å². The molecule has 1 atom stereocenters. The molecule has 1 aliphatic rings. The third kappa shape index (κ3) is 6.66. The second kappa shape index (κ2) is 8.67. The standard InChI is InChI=1S/C18H29N3O3S/c1-3-19-17(21-13-18(9-10-18)14-25(2,23)24)20-11-16(12-22)15-7-5-4-6-8-15/h4-8,16,22H,3,9-14H2,1-2H3,(H2,19,20,21). The van der Waals surface area contributed by atoms with E-state index in [-0.39, 0.29) is 23.7 Å². The van der Waals surface area contributed by atoms with Gasteiger partial charge in [0.2, 0.25) is 0 Å². The van der Waals surface area contributed by atoms with Crippen LogP contribution in [0.4, 0.5) is 0 Å². The van der Waals surface area contributed by atoms with E-state index in [4.69, 9.17) is 0 Å². The van der Waals surface area contributed by atoms with Crippen LogP contribution in [-0.4, -0.2) is 57.7 Å². The first-order chi connectivity index (χ1) is 11.9. The smallest absolute Gasteiger partial charge is 0.191 e. The molecule has 0 aliphatic heterocycles. The van der Waals surface area contributed by atoms with E-state index < -0.39 is 9.84 Å². The molecule has 25 heavy (non-hydrogen) atoms. The van der Waals surface area contributed by atoms with Crippen molar-refractivity contribution < 1.29 is 13.5 Å². The Balaban J connectivity index is 1.96. The zero-order valence-electron chi connectivity index (χ0n) is 15.0. The quantitative estimate of drug-likeness (QED) is 0.450. The van der Waals surface area contributed by atoms with E-state index in [0.29, 0.717) is 19.0 Å². The van der Waals surface area contributed by atoms with Gasteiger partial charge in [0.1, 0.15) is 9.84 Å². The first kappa shape index (κ1) is 19.7. The molecule has 0 aromatic heterocycles. The number of aliphatic hydroxyl groups is 1. The number of aliphatic hydroxyl groups excluding tert-OH is 1.